The molecule has 2 N–H and O–H groups in total. The van der Waals surface area contributed by atoms with Crippen molar-refractivity contribution in [3.8, 4) is 23.0 Å². The molecular formula is C30H33N3O6. The number of hydrogen-bond donors (Lipinski definition) is 2. The van der Waals surface area contributed by atoms with Gasteiger partial charge in [0.15, 0.2) is 11.5 Å². The Morgan fingerprint density at radius 2 is 1.67 bits per heavy atom. The molecule has 0 fully saturated rings. The first-order chi connectivity index (χ1) is 18.9. The van der Waals surface area contributed by atoms with E-state index in [1.54, 1.807) is 44.4 Å². The van der Waals surface area contributed by atoms with Gasteiger partial charge in [0.05, 0.1) is 40.2 Å². The summed E-state index contributed by atoms with van der Waals surface area (Å²) < 4.78 is 21.8. The third-order valence-corrected chi connectivity index (χ3v) is 6.32. The van der Waals surface area contributed by atoms with Crippen molar-refractivity contribution < 1.29 is 23.7 Å². The Hall–Kier alpha value is -4.66. The van der Waals surface area contributed by atoms with Crippen LogP contribution in [0.4, 0.5) is 10.5 Å². The van der Waals surface area contributed by atoms with Crippen LogP contribution in [0.25, 0.3) is 10.9 Å². The quantitative estimate of drug-likeness (QED) is 0.275. The molecule has 0 atom stereocenters. The van der Waals surface area contributed by atoms with Crippen LogP contribution < -0.4 is 29.8 Å². The maximum Gasteiger partial charge on any atom is 0.322 e. The normalized spacial score (nSPS) is 10.7. The fraction of sp³-hybridized carbons (Fsp3) is 0.267. The molecule has 4 aromatic rings. The number of H-pyrrole nitrogens is 1. The number of methoxy groups -OCH3 is 3. The SMILES string of the molecule is CCOc1ccc2[nH]c(=O)c(CN(CCc3ccc(OC)c(OC)c3)C(=O)Nc3ccccc3OC)cc2c1. The number of carbonyl (C=O) groups is 1. The minimum atomic E-state index is -0.359. The monoisotopic (exact) mass is 531 g/mol. The molecular weight excluding hydrogens is 498 g/mol. The van der Waals surface area contributed by atoms with Gasteiger partial charge in [0.1, 0.15) is 11.5 Å². The highest BCUT2D eigenvalue weighted by atomic mass is 16.5. The number of benzene rings is 3. The van der Waals surface area contributed by atoms with E-state index in [1.807, 2.05) is 55.5 Å². The number of rotatable bonds is 11. The van der Waals surface area contributed by atoms with Crippen molar-refractivity contribution >= 4 is 22.6 Å². The lowest BCUT2D eigenvalue weighted by Gasteiger charge is -2.24. The molecule has 0 aliphatic heterocycles. The molecule has 0 saturated carbocycles. The number of hydrogen-bond acceptors (Lipinski definition) is 6. The van der Waals surface area contributed by atoms with Gasteiger partial charge < -0.3 is 34.1 Å². The summed E-state index contributed by atoms with van der Waals surface area (Å²) >= 11 is 0. The van der Waals surface area contributed by atoms with Crippen LogP contribution in [0.5, 0.6) is 23.0 Å². The summed E-state index contributed by atoms with van der Waals surface area (Å²) in [5.74, 6) is 2.48. The lowest BCUT2D eigenvalue weighted by atomic mass is 10.1. The van der Waals surface area contributed by atoms with Crippen LogP contribution in [-0.2, 0) is 13.0 Å². The van der Waals surface area contributed by atoms with Gasteiger partial charge in [-0.15, -0.1) is 0 Å². The molecule has 1 aromatic heterocycles. The highest BCUT2D eigenvalue weighted by Crippen LogP contribution is 2.28. The van der Waals surface area contributed by atoms with E-state index in [-0.39, 0.29) is 18.1 Å². The van der Waals surface area contributed by atoms with Crippen molar-refractivity contribution in [1.29, 1.82) is 0 Å². The number of ether oxygens (including phenoxy) is 4. The van der Waals surface area contributed by atoms with E-state index in [1.165, 1.54) is 0 Å². The van der Waals surface area contributed by atoms with Gasteiger partial charge in [-0.3, -0.25) is 4.79 Å². The summed E-state index contributed by atoms with van der Waals surface area (Å²) in [5, 5.41) is 3.75. The topological polar surface area (TPSA) is 102 Å². The Labute approximate surface area is 227 Å². The number of nitrogens with zero attached hydrogens (tertiary/aromatic N) is 1. The third kappa shape index (κ3) is 6.62. The van der Waals surface area contributed by atoms with Crippen LogP contribution in [0.15, 0.2) is 71.5 Å². The van der Waals surface area contributed by atoms with Crippen molar-refractivity contribution in [2.75, 3.05) is 39.8 Å². The molecule has 0 aliphatic carbocycles. The number of aromatic nitrogens is 1. The highest BCUT2D eigenvalue weighted by Gasteiger charge is 2.19. The van der Waals surface area contributed by atoms with Gasteiger partial charge >= 0.3 is 6.03 Å². The van der Waals surface area contributed by atoms with E-state index < -0.39 is 0 Å². The first-order valence-electron chi connectivity index (χ1n) is 12.6. The highest BCUT2D eigenvalue weighted by molar-refractivity contribution is 5.91. The van der Waals surface area contributed by atoms with Crippen molar-refractivity contribution in [3.63, 3.8) is 0 Å². The molecule has 0 aliphatic rings. The van der Waals surface area contributed by atoms with Gasteiger partial charge in [0.2, 0.25) is 0 Å². The zero-order chi connectivity index (χ0) is 27.8. The van der Waals surface area contributed by atoms with Crippen LogP contribution in [0.2, 0.25) is 0 Å². The zero-order valence-electron chi connectivity index (χ0n) is 22.6. The summed E-state index contributed by atoms with van der Waals surface area (Å²) in [6.45, 7) is 2.89. The van der Waals surface area contributed by atoms with Gasteiger partial charge in [0, 0.05) is 23.0 Å². The third-order valence-electron chi connectivity index (χ3n) is 6.32. The smallest absolute Gasteiger partial charge is 0.322 e. The Bertz CT molecular complexity index is 1500. The minimum Gasteiger partial charge on any atom is -0.495 e. The van der Waals surface area contributed by atoms with Crippen molar-refractivity contribution in [1.82, 2.24) is 9.88 Å². The number of para-hydroxylation sites is 2. The van der Waals surface area contributed by atoms with Crippen molar-refractivity contribution in [3.05, 3.63) is 88.2 Å². The first-order valence-corrected chi connectivity index (χ1v) is 12.6. The van der Waals surface area contributed by atoms with E-state index in [9.17, 15) is 9.59 Å². The molecule has 3 aromatic carbocycles. The number of amides is 2. The largest absolute Gasteiger partial charge is 0.495 e. The van der Waals surface area contributed by atoms with Gasteiger partial charge in [-0.25, -0.2) is 4.79 Å². The van der Waals surface area contributed by atoms with Crippen LogP contribution in [-0.4, -0.2) is 50.4 Å². The molecule has 0 saturated heterocycles. The zero-order valence-corrected chi connectivity index (χ0v) is 22.6. The summed E-state index contributed by atoms with van der Waals surface area (Å²) in [5.41, 5.74) is 2.39. The Morgan fingerprint density at radius 3 is 2.41 bits per heavy atom. The molecule has 2 amide bonds. The number of nitrogens with one attached hydrogen (secondary N) is 2. The molecule has 39 heavy (non-hydrogen) atoms. The molecule has 9 heteroatoms. The van der Waals surface area contributed by atoms with E-state index in [4.69, 9.17) is 18.9 Å². The number of urea groups is 1. The average Bonchev–Trinajstić information content (AvgIpc) is 2.95. The van der Waals surface area contributed by atoms with Crippen LogP contribution in [0, 0.1) is 0 Å². The average molecular weight is 532 g/mol. The van der Waals surface area contributed by atoms with Crippen LogP contribution >= 0.6 is 0 Å². The summed E-state index contributed by atoms with van der Waals surface area (Å²) in [7, 11) is 4.71. The summed E-state index contributed by atoms with van der Waals surface area (Å²) in [4.78, 5) is 31.0. The van der Waals surface area contributed by atoms with Crippen molar-refractivity contribution in [2.45, 2.75) is 19.9 Å². The Morgan fingerprint density at radius 1 is 0.897 bits per heavy atom. The van der Waals surface area contributed by atoms with Crippen LogP contribution in [0.3, 0.4) is 0 Å². The fourth-order valence-electron chi connectivity index (χ4n) is 4.30. The molecule has 0 spiro atoms. The molecule has 9 nitrogen and oxygen atoms in total. The number of carbonyl (C=O) groups excluding carboxylic acids is 1. The van der Waals surface area contributed by atoms with Crippen LogP contribution in [0.1, 0.15) is 18.1 Å². The van der Waals surface area contributed by atoms with E-state index in [2.05, 4.69) is 10.3 Å². The van der Waals surface area contributed by atoms with E-state index >= 15 is 0 Å². The fourth-order valence-corrected chi connectivity index (χ4v) is 4.30. The van der Waals surface area contributed by atoms with E-state index in [0.717, 1.165) is 10.9 Å². The van der Waals surface area contributed by atoms with Gasteiger partial charge in [-0.1, -0.05) is 18.2 Å². The van der Waals surface area contributed by atoms with Gasteiger partial charge in [-0.2, -0.15) is 0 Å². The minimum absolute atomic E-state index is 0.0956. The van der Waals surface area contributed by atoms with E-state index in [0.29, 0.717) is 59.3 Å². The standard InChI is InChI=1S/C30H33N3O6/c1-5-39-23-11-12-24-21(18-23)17-22(29(34)31-24)19-33(30(35)32-25-8-6-7-9-26(25)36-2)15-14-20-10-13-27(37-3)28(16-20)38-4/h6-13,16-18H,5,14-15,19H2,1-4H3,(H,31,34)(H,32,35). The summed E-state index contributed by atoms with van der Waals surface area (Å²) in [6.07, 6.45) is 0.527. The molecule has 204 valence electrons. The second-order valence-corrected chi connectivity index (χ2v) is 8.80. The van der Waals surface area contributed by atoms with Gasteiger partial charge in [-0.05, 0) is 67.4 Å². The molecule has 0 radical (unpaired) electrons. The second-order valence-electron chi connectivity index (χ2n) is 8.80. The maximum atomic E-state index is 13.5. The Kier molecular flexibility index (Phi) is 8.94. The summed E-state index contributed by atoms with van der Waals surface area (Å²) in [6, 6.07) is 19.8. The number of fused-ring (bicyclic) bond motifs is 1. The lowest BCUT2D eigenvalue weighted by molar-refractivity contribution is 0.209. The number of aromatic amines is 1. The number of pyridine rings is 1. The first kappa shape index (κ1) is 27.4. The molecule has 0 bridgehead atoms. The van der Waals surface area contributed by atoms with Crippen molar-refractivity contribution in [2.24, 2.45) is 0 Å². The molecule has 4 rings (SSSR count). The Balaban J connectivity index is 1.63. The number of anilines is 1. The lowest BCUT2D eigenvalue weighted by Crippen LogP contribution is -2.37. The second kappa shape index (κ2) is 12.7. The maximum absolute atomic E-state index is 13.5. The predicted molar refractivity (Wildman–Crippen MR) is 151 cm³/mol. The molecule has 1 heterocycles. The molecule has 0 unspecified atom stereocenters. The van der Waals surface area contributed by atoms with Gasteiger partial charge in [0.25, 0.3) is 5.56 Å². The predicted octanol–water partition coefficient (Wildman–Crippen LogP) is 5.23.